The third kappa shape index (κ3) is 2.31. The highest BCUT2D eigenvalue weighted by molar-refractivity contribution is 5.77. The molecule has 0 heterocycles. The van der Waals surface area contributed by atoms with Crippen molar-refractivity contribution in [1.82, 2.24) is 0 Å². The molecule has 0 N–H and O–H groups in total. The molecular formula is C7H9NO2. The lowest BCUT2D eigenvalue weighted by molar-refractivity contribution is -0.142. The topological polar surface area (TPSA) is 50.1 Å². The minimum Gasteiger partial charge on any atom is -0.468 e. The van der Waals surface area contributed by atoms with Crippen LogP contribution in [0.4, 0.5) is 0 Å². The lowest BCUT2D eigenvalue weighted by atomic mass is 10.1. The van der Waals surface area contributed by atoms with Crippen molar-refractivity contribution < 1.29 is 9.53 Å². The van der Waals surface area contributed by atoms with Crippen LogP contribution in [-0.4, -0.2) is 13.1 Å². The number of rotatable bonds is 2. The van der Waals surface area contributed by atoms with E-state index in [9.17, 15) is 4.79 Å². The van der Waals surface area contributed by atoms with E-state index in [0.29, 0.717) is 0 Å². The van der Waals surface area contributed by atoms with E-state index in [2.05, 4.69) is 4.74 Å². The maximum absolute atomic E-state index is 10.6. The molecular weight excluding hydrogens is 130 g/mol. The van der Waals surface area contributed by atoms with E-state index in [0.717, 1.165) is 0 Å². The molecule has 0 amide bonds. The van der Waals surface area contributed by atoms with Gasteiger partial charge in [0.1, 0.15) is 0 Å². The van der Waals surface area contributed by atoms with E-state index < -0.39 is 11.9 Å². The van der Waals surface area contributed by atoms with Gasteiger partial charge in [-0.15, -0.1) is 0 Å². The number of nitrogens with zero attached hydrogens (tertiary/aromatic N) is 1. The minimum atomic E-state index is -0.755. The fourth-order valence-electron chi connectivity index (χ4n) is 0.494. The van der Waals surface area contributed by atoms with E-state index in [1.165, 1.54) is 13.2 Å². The SMILES string of the molecule is C/C=C\C(C#N)C(=O)OC. The third-order valence-corrected chi connectivity index (χ3v) is 0.979. The Labute approximate surface area is 59.9 Å². The highest BCUT2D eigenvalue weighted by atomic mass is 16.5. The van der Waals surface area contributed by atoms with Gasteiger partial charge < -0.3 is 4.74 Å². The van der Waals surface area contributed by atoms with E-state index in [1.54, 1.807) is 19.1 Å². The van der Waals surface area contributed by atoms with Crippen LogP contribution in [0.25, 0.3) is 0 Å². The molecule has 0 aromatic rings. The maximum atomic E-state index is 10.6. The summed E-state index contributed by atoms with van der Waals surface area (Å²) in [5, 5.41) is 8.36. The molecule has 0 rings (SSSR count). The summed E-state index contributed by atoms with van der Waals surface area (Å²) in [7, 11) is 1.26. The summed E-state index contributed by atoms with van der Waals surface area (Å²) in [6.07, 6.45) is 3.14. The van der Waals surface area contributed by atoms with E-state index in [1.807, 2.05) is 0 Å². The average molecular weight is 139 g/mol. The fraction of sp³-hybridized carbons (Fsp3) is 0.429. The average Bonchev–Trinajstić information content (AvgIpc) is 1.99. The van der Waals surface area contributed by atoms with Gasteiger partial charge in [-0.3, -0.25) is 4.79 Å². The molecule has 0 saturated carbocycles. The zero-order valence-electron chi connectivity index (χ0n) is 6.00. The highest BCUT2D eigenvalue weighted by Gasteiger charge is 2.12. The number of methoxy groups -OCH3 is 1. The van der Waals surface area contributed by atoms with Crippen molar-refractivity contribution >= 4 is 5.97 Å². The van der Waals surface area contributed by atoms with Crippen molar-refractivity contribution in [2.75, 3.05) is 7.11 Å². The highest BCUT2D eigenvalue weighted by Crippen LogP contribution is 1.98. The van der Waals surface area contributed by atoms with Crippen LogP contribution < -0.4 is 0 Å². The maximum Gasteiger partial charge on any atom is 0.327 e. The Morgan fingerprint density at radius 3 is 2.70 bits per heavy atom. The molecule has 0 aromatic heterocycles. The van der Waals surface area contributed by atoms with Crippen LogP contribution in [0.5, 0.6) is 0 Å². The molecule has 0 aromatic carbocycles. The van der Waals surface area contributed by atoms with Crippen LogP contribution in [0.2, 0.25) is 0 Å². The standard InChI is InChI=1S/C7H9NO2/c1-3-4-6(5-8)7(9)10-2/h3-4,6H,1-2H3/b4-3-. The molecule has 0 aliphatic carbocycles. The summed E-state index contributed by atoms with van der Waals surface area (Å²) in [5.41, 5.74) is 0. The molecule has 1 atom stereocenters. The van der Waals surface area contributed by atoms with Crippen molar-refractivity contribution in [1.29, 1.82) is 5.26 Å². The number of allylic oxidation sites excluding steroid dienone is 1. The van der Waals surface area contributed by atoms with Crippen molar-refractivity contribution in [3.05, 3.63) is 12.2 Å². The van der Waals surface area contributed by atoms with Gasteiger partial charge in [0.25, 0.3) is 0 Å². The first kappa shape index (κ1) is 8.70. The molecule has 0 aliphatic heterocycles. The van der Waals surface area contributed by atoms with Crippen molar-refractivity contribution in [2.24, 2.45) is 5.92 Å². The van der Waals surface area contributed by atoms with Gasteiger partial charge in [-0.2, -0.15) is 5.26 Å². The van der Waals surface area contributed by atoms with Gasteiger partial charge in [-0.1, -0.05) is 12.2 Å². The lowest BCUT2D eigenvalue weighted by Gasteiger charge is -1.98. The smallest absolute Gasteiger partial charge is 0.327 e. The predicted octanol–water partition coefficient (Wildman–Crippen LogP) is 0.875. The van der Waals surface area contributed by atoms with Crippen LogP contribution in [0, 0.1) is 17.2 Å². The summed E-state index contributed by atoms with van der Waals surface area (Å²) in [5.74, 6) is -1.27. The van der Waals surface area contributed by atoms with Crippen molar-refractivity contribution in [3.63, 3.8) is 0 Å². The molecule has 0 saturated heterocycles. The van der Waals surface area contributed by atoms with Crippen LogP contribution in [-0.2, 0) is 9.53 Å². The summed E-state index contributed by atoms with van der Waals surface area (Å²) in [6, 6.07) is 1.79. The third-order valence-electron chi connectivity index (χ3n) is 0.979. The van der Waals surface area contributed by atoms with Crippen LogP contribution in [0.3, 0.4) is 0 Å². The first-order chi connectivity index (χ1) is 4.76. The van der Waals surface area contributed by atoms with Gasteiger partial charge in [0, 0.05) is 0 Å². The fourth-order valence-corrected chi connectivity index (χ4v) is 0.494. The van der Waals surface area contributed by atoms with E-state index in [4.69, 9.17) is 5.26 Å². The molecule has 0 spiro atoms. The molecule has 0 aliphatic rings. The predicted molar refractivity (Wildman–Crippen MR) is 35.9 cm³/mol. The van der Waals surface area contributed by atoms with Gasteiger partial charge in [0.05, 0.1) is 13.2 Å². The molecule has 3 heteroatoms. The number of carbonyl (C=O) groups is 1. The van der Waals surface area contributed by atoms with Crippen molar-refractivity contribution in [3.8, 4) is 6.07 Å². The molecule has 0 bridgehead atoms. The lowest BCUT2D eigenvalue weighted by Crippen LogP contribution is -2.11. The van der Waals surface area contributed by atoms with Crippen LogP contribution >= 0.6 is 0 Å². The Hall–Kier alpha value is -1.30. The molecule has 54 valence electrons. The van der Waals surface area contributed by atoms with Gasteiger partial charge in [0.15, 0.2) is 5.92 Å². The summed E-state index contributed by atoms with van der Waals surface area (Å²) in [6.45, 7) is 1.74. The quantitative estimate of drug-likeness (QED) is 0.421. The number of ether oxygens (including phenoxy) is 1. The van der Waals surface area contributed by atoms with Gasteiger partial charge >= 0.3 is 5.97 Å². The summed E-state index contributed by atoms with van der Waals surface area (Å²) >= 11 is 0. The first-order valence-electron chi connectivity index (χ1n) is 2.86. The Morgan fingerprint density at radius 1 is 1.80 bits per heavy atom. The number of esters is 1. The largest absolute Gasteiger partial charge is 0.468 e. The first-order valence-corrected chi connectivity index (χ1v) is 2.86. The Balaban J connectivity index is 4.10. The van der Waals surface area contributed by atoms with Crippen LogP contribution in [0.1, 0.15) is 6.92 Å². The number of nitriles is 1. The second-order valence-corrected chi connectivity index (χ2v) is 1.66. The van der Waals surface area contributed by atoms with Gasteiger partial charge in [-0.05, 0) is 6.92 Å². The second-order valence-electron chi connectivity index (χ2n) is 1.66. The molecule has 3 nitrogen and oxygen atoms in total. The van der Waals surface area contributed by atoms with Crippen molar-refractivity contribution in [2.45, 2.75) is 6.92 Å². The molecule has 0 fully saturated rings. The zero-order chi connectivity index (χ0) is 7.98. The Bertz CT molecular complexity index is 179. The normalized spacial score (nSPS) is 12.5. The van der Waals surface area contributed by atoms with E-state index >= 15 is 0 Å². The minimum absolute atomic E-state index is 0.513. The number of hydrogen-bond donors (Lipinski definition) is 0. The second kappa shape index (κ2) is 4.57. The van der Waals surface area contributed by atoms with Gasteiger partial charge in [0.2, 0.25) is 0 Å². The number of carbonyl (C=O) groups excluding carboxylic acids is 1. The summed E-state index contributed by atoms with van der Waals surface area (Å²) < 4.78 is 4.34. The Morgan fingerprint density at radius 2 is 2.40 bits per heavy atom. The van der Waals surface area contributed by atoms with Crippen LogP contribution in [0.15, 0.2) is 12.2 Å². The molecule has 10 heavy (non-hydrogen) atoms. The zero-order valence-corrected chi connectivity index (χ0v) is 6.00. The summed E-state index contributed by atoms with van der Waals surface area (Å²) in [4.78, 5) is 10.6. The number of hydrogen-bond acceptors (Lipinski definition) is 3. The molecule has 1 unspecified atom stereocenters. The van der Waals surface area contributed by atoms with Gasteiger partial charge in [-0.25, -0.2) is 0 Å². The monoisotopic (exact) mass is 139 g/mol. The van der Waals surface area contributed by atoms with E-state index in [-0.39, 0.29) is 0 Å². The Kier molecular flexibility index (Phi) is 3.97. The molecule has 0 radical (unpaired) electrons.